The number of carbonyl (C=O) groups excluding carboxylic acids is 3. The van der Waals surface area contributed by atoms with Gasteiger partial charge in [-0.25, -0.2) is 4.79 Å². The van der Waals surface area contributed by atoms with E-state index in [-0.39, 0.29) is 48.0 Å². The van der Waals surface area contributed by atoms with Crippen LogP contribution >= 0.6 is 0 Å². The number of hydrogen-bond acceptors (Lipinski definition) is 12. The van der Waals surface area contributed by atoms with Gasteiger partial charge in [0.25, 0.3) is 5.91 Å². The Balaban J connectivity index is 0.000000276. The predicted molar refractivity (Wildman–Crippen MR) is 244 cm³/mol. The van der Waals surface area contributed by atoms with Crippen molar-refractivity contribution < 1.29 is 33.7 Å². The molecule has 0 unspecified atom stereocenters. The molecule has 0 spiro atoms. The van der Waals surface area contributed by atoms with Crippen LogP contribution in [0.1, 0.15) is 59.8 Å². The molecule has 3 amide bonds. The van der Waals surface area contributed by atoms with Crippen LogP contribution in [0.25, 0.3) is 16.6 Å². The van der Waals surface area contributed by atoms with Crippen molar-refractivity contribution in [2.45, 2.75) is 58.2 Å². The molecule has 3 aromatic carbocycles. The first-order chi connectivity index (χ1) is 30.3. The number of para-hydroxylation sites is 1. The van der Waals surface area contributed by atoms with E-state index in [4.69, 9.17) is 31.4 Å². The minimum atomic E-state index is -0.280. The van der Waals surface area contributed by atoms with Gasteiger partial charge in [0.1, 0.15) is 24.0 Å². The van der Waals surface area contributed by atoms with Gasteiger partial charge < -0.3 is 61.0 Å². The minimum absolute atomic E-state index is 0.0236. The maximum atomic E-state index is 13.3. The fraction of sp³-hybridized carbons (Fsp3) is 0.426. The zero-order valence-electron chi connectivity index (χ0n) is 37.0. The number of hydrogen-bond donors (Lipinski definition) is 5. The van der Waals surface area contributed by atoms with Crippen molar-refractivity contribution in [3.8, 4) is 5.75 Å². The van der Waals surface area contributed by atoms with E-state index in [0.29, 0.717) is 55.1 Å². The number of rotatable bonds is 11. The quantitative estimate of drug-likeness (QED) is 0.105. The zero-order valence-corrected chi connectivity index (χ0v) is 37.0. The molecule has 1 aromatic heterocycles. The second-order valence-corrected chi connectivity index (χ2v) is 16.2. The molecule has 338 valence electrons. The number of aromatic nitrogens is 1. The van der Waals surface area contributed by atoms with Crippen molar-refractivity contribution >= 4 is 40.5 Å². The van der Waals surface area contributed by atoms with Gasteiger partial charge in [0.15, 0.2) is 6.29 Å². The summed E-state index contributed by atoms with van der Waals surface area (Å²) in [5.74, 6) is 0.223. The number of carbonyl (C=O) groups is 3. The summed E-state index contributed by atoms with van der Waals surface area (Å²) in [6, 6.07) is 20.1. The van der Waals surface area contributed by atoms with Crippen LogP contribution in [0.2, 0.25) is 0 Å². The van der Waals surface area contributed by atoms with Crippen LogP contribution in [0, 0.1) is 6.92 Å². The number of allylic oxidation sites excluding steroid dienone is 1. The lowest BCUT2D eigenvalue weighted by Crippen LogP contribution is -2.51. The number of piperazine rings is 1. The number of urea groups is 1. The smallest absolute Gasteiger partial charge is 0.321 e. The molecule has 16 heteroatoms. The highest BCUT2D eigenvalue weighted by molar-refractivity contribution is 5.96. The molecular weight excluding hydrogens is 803 g/mol. The van der Waals surface area contributed by atoms with Gasteiger partial charge in [-0.15, -0.1) is 0 Å². The van der Waals surface area contributed by atoms with Crippen LogP contribution < -0.4 is 27.4 Å². The highest BCUT2D eigenvalue weighted by atomic mass is 16.7. The number of morpholine rings is 1. The zero-order chi connectivity index (χ0) is 45.2. The van der Waals surface area contributed by atoms with Crippen LogP contribution in [-0.2, 0) is 26.1 Å². The summed E-state index contributed by atoms with van der Waals surface area (Å²) < 4.78 is 19.8. The van der Waals surface area contributed by atoms with E-state index >= 15 is 0 Å². The van der Waals surface area contributed by atoms with Crippen molar-refractivity contribution in [3.63, 3.8) is 0 Å². The molecule has 0 radical (unpaired) electrons. The lowest BCUT2D eigenvalue weighted by Gasteiger charge is -2.44. The molecule has 3 aliphatic heterocycles. The maximum Gasteiger partial charge on any atom is 0.321 e. The number of ether oxygens (including phenoxy) is 3. The minimum Gasteiger partial charge on any atom is -0.507 e. The van der Waals surface area contributed by atoms with E-state index in [1.807, 2.05) is 75.2 Å². The third-order valence-corrected chi connectivity index (χ3v) is 11.9. The number of phenolic OH excluding ortho intramolecular Hbond substituents is 1. The van der Waals surface area contributed by atoms with Crippen LogP contribution in [0.4, 0.5) is 10.5 Å². The van der Waals surface area contributed by atoms with Crippen LogP contribution in [0.3, 0.4) is 0 Å². The summed E-state index contributed by atoms with van der Waals surface area (Å²) in [6.45, 7) is 12.1. The van der Waals surface area contributed by atoms with Crippen molar-refractivity contribution in [1.29, 1.82) is 0 Å². The summed E-state index contributed by atoms with van der Waals surface area (Å²) in [6.07, 6.45) is 5.24. The molecule has 3 aliphatic rings. The molecule has 0 aliphatic carbocycles. The van der Waals surface area contributed by atoms with Crippen molar-refractivity contribution in [1.82, 2.24) is 24.6 Å². The summed E-state index contributed by atoms with van der Waals surface area (Å²) in [5.41, 5.74) is 24.8. The first-order valence-corrected chi connectivity index (χ1v) is 21.6. The number of fused-ring (bicyclic) bond motifs is 1. The molecule has 0 saturated carbocycles. The largest absolute Gasteiger partial charge is 0.507 e. The SMILES string of the molecule is CNC(=O)N(CCC=O)c1ccc2c(c1)c(C)cn2C.C[C@H]1O[C@@H](c2ccc(C(=O)N3CCN(CC4OCCCO4)CC3)cc2)CN(C(/C=C(\N)c2ccccc2O)=C(N)N)[C@H]1C. The average molecular weight is 866 g/mol. The highest BCUT2D eigenvalue weighted by Gasteiger charge is 2.34. The second-order valence-electron chi connectivity index (χ2n) is 16.2. The fourth-order valence-electron chi connectivity index (χ4n) is 8.21. The molecule has 63 heavy (non-hydrogen) atoms. The monoisotopic (exact) mass is 865 g/mol. The number of anilines is 1. The van der Waals surface area contributed by atoms with Gasteiger partial charge in [-0.2, -0.15) is 0 Å². The highest BCUT2D eigenvalue weighted by Crippen LogP contribution is 2.33. The fourth-order valence-corrected chi connectivity index (χ4v) is 8.21. The summed E-state index contributed by atoms with van der Waals surface area (Å²) in [5, 5.41) is 14.0. The van der Waals surface area contributed by atoms with Gasteiger partial charge in [0.05, 0.1) is 31.1 Å². The third-order valence-electron chi connectivity index (χ3n) is 11.9. The molecule has 3 atom stereocenters. The van der Waals surface area contributed by atoms with Gasteiger partial charge in [-0.05, 0) is 86.9 Å². The number of nitrogens with one attached hydrogen (secondary N) is 1. The number of benzene rings is 3. The molecule has 4 heterocycles. The molecule has 8 N–H and O–H groups in total. The number of phenols is 1. The van der Waals surface area contributed by atoms with Gasteiger partial charge in [-0.1, -0.05) is 24.3 Å². The molecule has 16 nitrogen and oxygen atoms in total. The van der Waals surface area contributed by atoms with Crippen molar-refractivity contribution in [2.75, 3.05) is 71.0 Å². The van der Waals surface area contributed by atoms with Gasteiger partial charge in [0.2, 0.25) is 0 Å². The lowest BCUT2D eigenvalue weighted by molar-refractivity contribution is -0.187. The normalized spacial score (nSPS) is 19.8. The summed E-state index contributed by atoms with van der Waals surface area (Å²) >= 11 is 0. The van der Waals surface area contributed by atoms with Crippen molar-refractivity contribution in [3.05, 3.63) is 113 Å². The Kier molecular flexibility index (Phi) is 15.7. The average Bonchev–Trinajstić information content (AvgIpc) is 3.58. The first kappa shape index (κ1) is 46.4. The number of amides is 3. The summed E-state index contributed by atoms with van der Waals surface area (Å²) in [4.78, 5) is 43.6. The number of aromatic hydroxyl groups is 1. The first-order valence-electron chi connectivity index (χ1n) is 21.6. The van der Waals surface area contributed by atoms with E-state index in [1.54, 1.807) is 42.3 Å². The maximum absolute atomic E-state index is 13.3. The Hall–Kier alpha value is -6.07. The van der Waals surface area contributed by atoms with Crippen molar-refractivity contribution in [2.24, 2.45) is 24.2 Å². The number of nitrogens with two attached hydrogens (primary N) is 3. The van der Waals surface area contributed by atoms with E-state index in [0.717, 1.165) is 73.3 Å². The second kappa shape index (κ2) is 21.3. The van der Waals surface area contributed by atoms with E-state index in [2.05, 4.69) is 25.9 Å². The van der Waals surface area contributed by atoms with Gasteiger partial charge in [0, 0.05) is 106 Å². The van der Waals surface area contributed by atoms with E-state index in [1.165, 1.54) is 0 Å². The van der Waals surface area contributed by atoms with Gasteiger partial charge in [-0.3, -0.25) is 14.6 Å². The predicted octanol–water partition coefficient (Wildman–Crippen LogP) is 4.37. The molecule has 3 saturated heterocycles. The molecule has 3 fully saturated rings. The molecular formula is C47H63N9O7. The van der Waals surface area contributed by atoms with Crippen LogP contribution in [0.5, 0.6) is 5.75 Å². The molecule has 7 rings (SSSR count). The lowest BCUT2D eigenvalue weighted by atomic mass is 10.00. The van der Waals surface area contributed by atoms with E-state index in [9.17, 15) is 19.5 Å². The Morgan fingerprint density at radius 2 is 1.67 bits per heavy atom. The van der Waals surface area contributed by atoms with Crippen LogP contribution in [0.15, 0.2) is 90.5 Å². The summed E-state index contributed by atoms with van der Waals surface area (Å²) in [7, 11) is 3.58. The Bertz CT molecular complexity index is 2260. The number of nitrogens with zero attached hydrogens (tertiary/aromatic N) is 5. The molecule has 4 aromatic rings. The topological polar surface area (TPSA) is 207 Å². The number of aldehydes is 1. The Morgan fingerprint density at radius 3 is 2.32 bits per heavy atom. The third kappa shape index (κ3) is 11.3. The Labute approximate surface area is 369 Å². The number of aryl methyl sites for hydroxylation is 2. The Morgan fingerprint density at radius 1 is 0.968 bits per heavy atom. The van der Waals surface area contributed by atoms with Crippen LogP contribution in [-0.4, -0.2) is 127 Å². The van der Waals surface area contributed by atoms with E-state index < -0.39 is 0 Å². The van der Waals surface area contributed by atoms with Gasteiger partial charge >= 0.3 is 6.03 Å². The molecule has 0 bridgehead atoms. The standard InChI is InChI=1S/C32H44N6O5.C15H19N3O2/c1-21-22(2)43-29(19-38(21)27(31(34)35)18-26(33)25-6-3-4-7-28(25)39)23-8-10-24(11-9-23)32(40)37-14-12-36(13-15-37)20-30-41-16-5-17-42-30;1-11-10-17(3)14-6-5-12(9-13(11)14)18(7-4-8-19)15(20)16-2/h3-4,6-11,18,21-22,29-30,39H,5,12-17,19-20,33-35H2,1-2H3;5-6,8-10H,4,7H2,1-3H3,(H,16,20)/b26-18-;/t21-,22+,29+;/m0./s1.